The van der Waals surface area contributed by atoms with E-state index in [4.69, 9.17) is 25.5 Å². The molecule has 0 N–H and O–H groups in total. The quantitative estimate of drug-likeness (QED) is 0.205. The fourth-order valence-corrected chi connectivity index (χ4v) is 5.54. The molecule has 4 aromatic rings. The highest BCUT2D eigenvalue weighted by atomic mass is 35.5. The first kappa shape index (κ1) is 26.2. The average molecular weight is 554 g/mol. The summed E-state index contributed by atoms with van der Waals surface area (Å²) in [4.78, 5) is 29.1. The second-order valence-corrected chi connectivity index (χ2v) is 10.4. The highest BCUT2D eigenvalue weighted by molar-refractivity contribution is 7.15. The molecule has 2 aromatic carbocycles. The Labute approximate surface area is 229 Å². The maximum atomic E-state index is 13.8. The van der Waals surface area contributed by atoms with Crippen LogP contribution in [0.1, 0.15) is 72.8 Å². The Balaban J connectivity index is 1.67. The number of unbranched alkanes of at least 4 members (excludes halogenated alkanes) is 2. The minimum atomic E-state index is -0.789. The van der Waals surface area contributed by atoms with Gasteiger partial charge in [-0.3, -0.25) is 14.5 Å². The Bertz CT molecular complexity index is 1550. The SMILES string of the molecule is CCCCCOc1ccc(C2c3c(oc4ccc(Cl)cc4c3=O)C(=O)N2c2nnc(CC)s2)cc1OCC. The number of fused-ring (bicyclic) bond motifs is 2. The van der Waals surface area contributed by atoms with Crippen molar-refractivity contribution in [3.05, 3.63) is 73.5 Å². The van der Waals surface area contributed by atoms with Gasteiger partial charge in [0.2, 0.25) is 10.9 Å². The van der Waals surface area contributed by atoms with Gasteiger partial charge in [0.15, 0.2) is 16.9 Å². The van der Waals surface area contributed by atoms with Crippen LogP contribution in [0.15, 0.2) is 45.6 Å². The fourth-order valence-electron chi connectivity index (χ4n) is 4.56. The van der Waals surface area contributed by atoms with Crippen molar-refractivity contribution in [2.24, 2.45) is 0 Å². The number of aryl methyl sites for hydroxylation is 1. The lowest BCUT2D eigenvalue weighted by atomic mass is 9.98. The molecule has 1 aliphatic heterocycles. The van der Waals surface area contributed by atoms with Crippen molar-refractivity contribution in [2.75, 3.05) is 18.1 Å². The molecule has 38 heavy (non-hydrogen) atoms. The maximum Gasteiger partial charge on any atom is 0.297 e. The Morgan fingerprint density at radius 2 is 1.87 bits per heavy atom. The zero-order chi connectivity index (χ0) is 26.8. The molecule has 198 valence electrons. The van der Waals surface area contributed by atoms with E-state index < -0.39 is 11.9 Å². The summed E-state index contributed by atoms with van der Waals surface area (Å²) in [7, 11) is 0. The van der Waals surface area contributed by atoms with Gasteiger partial charge in [0.05, 0.1) is 30.2 Å². The van der Waals surface area contributed by atoms with Crippen LogP contribution in [-0.4, -0.2) is 29.3 Å². The number of benzene rings is 2. The lowest BCUT2D eigenvalue weighted by molar-refractivity contribution is 0.0970. The number of carbonyl (C=O) groups excluding carboxylic acids is 1. The van der Waals surface area contributed by atoms with Crippen molar-refractivity contribution >= 4 is 44.9 Å². The molecule has 1 unspecified atom stereocenters. The third kappa shape index (κ3) is 4.76. The summed E-state index contributed by atoms with van der Waals surface area (Å²) in [6.07, 6.45) is 3.79. The van der Waals surface area contributed by atoms with Crippen LogP contribution in [0.2, 0.25) is 5.02 Å². The Hall–Kier alpha value is -3.43. The fraction of sp³-hybridized carbons (Fsp3) is 0.357. The first-order valence-electron chi connectivity index (χ1n) is 12.8. The summed E-state index contributed by atoms with van der Waals surface area (Å²) in [5.74, 6) is 0.697. The number of halogens is 1. The molecule has 0 spiro atoms. The summed E-state index contributed by atoms with van der Waals surface area (Å²) in [5.41, 5.74) is 0.882. The van der Waals surface area contributed by atoms with Crippen LogP contribution in [0.4, 0.5) is 5.13 Å². The summed E-state index contributed by atoms with van der Waals surface area (Å²) in [6.45, 7) is 7.01. The normalized spacial score (nSPS) is 14.8. The molecular weight excluding hydrogens is 526 g/mol. The van der Waals surface area contributed by atoms with Crippen LogP contribution in [-0.2, 0) is 6.42 Å². The Morgan fingerprint density at radius 1 is 1.03 bits per heavy atom. The summed E-state index contributed by atoms with van der Waals surface area (Å²) in [6, 6.07) is 9.49. The molecular formula is C28H28ClN3O5S. The van der Waals surface area contributed by atoms with Crippen LogP contribution in [0.3, 0.4) is 0 Å². The van der Waals surface area contributed by atoms with Crippen LogP contribution >= 0.6 is 22.9 Å². The standard InChI is InChI=1S/C28H28ClN3O5S/c1-4-7-8-13-36-20-11-9-16(14-21(20)35-6-3)24-23-25(33)18-15-17(29)10-12-19(18)37-26(23)27(34)32(24)28-31-30-22(5-2)38-28/h9-12,14-15,24H,4-8,13H2,1-3H3. The molecule has 0 fully saturated rings. The molecule has 1 atom stereocenters. The maximum absolute atomic E-state index is 13.8. The highest BCUT2D eigenvalue weighted by Gasteiger charge is 2.45. The van der Waals surface area contributed by atoms with E-state index in [1.54, 1.807) is 18.2 Å². The van der Waals surface area contributed by atoms with Crippen molar-refractivity contribution in [1.82, 2.24) is 10.2 Å². The number of hydrogen-bond acceptors (Lipinski definition) is 8. The van der Waals surface area contributed by atoms with E-state index in [0.29, 0.717) is 57.8 Å². The minimum absolute atomic E-state index is 0.0130. The van der Waals surface area contributed by atoms with Gasteiger partial charge in [-0.1, -0.05) is 55.7 Å². The van der Waals surface area contributed by atoms with Crippen molar-refractivity contribution in [1.29, 1.82) is 0 Å². The van der Waals surface area contributed by atoms with Crippen LogP contribution < -0.4 is 19.8 Å². The van der Waals surface area contributed by atoms with E-state index in [1.807, 2.05) is 32.0 Å². The molecule has 1 aliphatic rings. The predicted molar refractivity (Wildman–Crippen MR) is 148 cm³/mol. The third-order valence-electron chi connectivity index (χ3n) is 6.39. The largest absolute Gasteiger partial charge is 0.490 e. The number of aromatic nitrogens is 2. The Kier molecular flexibility index (Phi) is 7.67. The number of ether oxygens (including phenoxy) is 2. The van der Waals surface area contributed by atoms with Gasteiger partial charge in [-0.05, 0) is 55.7 Å². The second kappa shape index (κ2) is 11.1. The highest BCUT2D eigenvalue weighted by Crippen LogP contribution is 2.44. The Morgan fingerprint density at radius 3 is 2.61 bits per heavy atom. The van der Waals surface area contributed by atoms with Gasteiger partial charge in [-0.2, -0.15) is 0 Å². The monoisotopic (exact) mass is 553 g/mol. The van der Waals surface area contributed by atoms with Crippen LogP contribution in [0, 0.1) is 0 Å². The van der Waals surface area contributed by atoms with Crippen LogP contribution in [0.25, 0.3) is 11.0 Å². The molecule has 0 bridgehead atoms. The van der Waals surface area contributed by atoms with E-state index in [2.05, 4.69) is 17.1 Å². The van der Waals surface area contributed by atoms with Gasteiger partial charge in [0, 0.05) is 5.02 Å². The van der Waals surface area contributed by atoms with Gasteiger partial charge >= 0.3 is 0 Å². The van der Waals surface area contributed by atoms with Crippen molar-refractivity contribution in [2.45, 2.75) is 52.5 Å². The lowest BCUT2D eigenvalue weighted by Gasteiger charge is -2.23. The molecule has 0 radical (unpaired) electrons. The minimum Gasteiger partial charge on any atom is -0.490 e. The van der Waals surface area contributed by atoms with Gasteiger partial charge in [0.1, 0.15) is 10.6 Å². The lowest BCUT2D eigenvalue weighted by Crippen LogP contribution is -2.29. The predicted octanol–water partition coefficient (Wildman–Crippen LogP) is 6.58. The number of amides is 1. The van der Waals surface area contributed by atoms with Gasteiger partial charge in [-0.25, -0.2) is 0 Å². The van der Waals surface area contributed by atoms with E-state index in [0.717, 1.165) is 24.3 Å². The third-order valence-corrected chi connectivity index (χ3v) is 7.69. The molecule has 0 saturated heterocycles. The molecule has 2 aromatic heterocycles. The van der Waals surface area contributed by atoms with E-state index in [1.165, 1.54) is 16.2 Å². The zero-order valence-corrected chi connectivity index (χ0v) is 23.0. The van der Waals surface area contributed by atoms with Crippen LogP contribution in [0.5, 0.6) is 11.5 Å². The molecule has 8 nitrogen and oxygen atoms in total. The zero-order valence-electron chi connectivity index (χ0n) is 21.5. The number of anilines is 1. The first-order chi connectivity index (χ1) is 18.5. The molecule has 5 rings (SSSR count). The van der Waals surface area contributed by atoms with E-state index in [-0.39, 0.29) is 16.8 Å². The smallest absolute Gasteiger partial charge is 0.297 e. The van der Waals surface area contributed by atoms with E-state index in [9.17, 15) is 9.59 Å². The van der Waals surface area contributed by atoms with Crippen molar-refractivity contribution in [3.63, 3.8) is 0 Å². The van der Waals surface area contributed by atoms with E-state index >= 15 is 0 Å². The average Bonchev–Trinajstić information content (AvgIpc) is 3.50. The molecule has 3 heterocycles. The number of hydrogen-bond donors (Lipinski definition) is 0. The van der Waals surface area contributed by atoms with Gasteiger partial charge in [0.25, 0.3) is 5.91 Å². The topological polar surface area (TPSA) is 94.8 Å². The molecule has 10 heteroatoms. The first-order valence-corrected chi connectivity index (χ1v) is 14.0. The summed E-state index contributed by atoms with van der Waals surface area (Å²) < 4.78 is 17.9. The summed E-state index contributed by atoms with van der Waals surface area (Å²) >= 11 is 7.51. The molecule has 1 amide bonds. The van der Waals surface area contributed by atoms with Crippen molar-refractivity contribution in [3.8, 4) is 11.5 Å². The van der Waals surface area contributed by atoms with Gasteiger partial charge < -0.3 is 13.9 Å². The number of rotatable bonds is 10. The number of carbonyl (C=O) groups is 1. The van der Waals surface area contributed by atoms with Gasteiger partial charge in [-0.15, -0.1) is 10.2 Å². The molecule has 0 saturated carbocycles. The summed E-state index contributed by atoms with van der Waals surface area (Å²) in [5, 5.41) is 10.4. The number of nitrogens with zero attached hydrogens (tertiary/aromatic N) is 3. The second-order valence-electron chi connectivity index (χ2n) is 8.92. The van der Waals surface area contributed by atoms with Crippen molar-refractivity contribution < 1.29 is 18.7 Å². The molecule has 0 aliphatic carbocycles.